The number of rotatable bonds is 9. The molecule has 0 aromatic heterocycles. The van der Waals surface area contributed by atoms with Crippen molar-refractivity contribution < 1.29 is 9.53 Å². The lowest BCUT2D eigenvalue weighted by Gasteiger charge is -2.26. The molecule has 0 aliphatic heterocycles. The van der Waals surface area contributed by atoms with E-state index in [2.05, 4.69) is 67.8 Å². The number of hydrogen-bond acceptors (Lipinski definition) is 3. The molecule has 0 bridgehead atoms. The normalized spacial score (nSPS) is 12.7. The lowest BCUT2D eigenvalue weighted by Crippen LogP contribution is -2.51. The maximum absolute atomic E-state index is 13.1. The van der Waals surface area contributed by atoms with Gasteiger partial charge in [0, 0.05) is 12.1 Å². The van der Waals surface area contributed by atoms with E-state index in [1.54, 1.807) is 0 Å². The van der Waals surface area contributed by atoms with Gasteiger partial charge in [0.25, 0.3) is 0 Å². The molecule has 4 heteroatoms. The molecule has 3 rings (SSSR count). The van der Waals surface area contributed by atoms with Crippen molar-refractivity contribution in [2.75, 3.05) is 0 Å². The first-order valence-corrected chi connectivity index (χ1v) is 12.4. The first kappa shape index (κ1) is 26.5. The summed E-state index contributed by atoms with van der Waals surface area (Å²) in [4.78, 5) is 13.1. The minimum atomic E-state index is -0.340. The summed E-state index contributed by atoms with van der Waals surface area (Å²) in [5, 5.41) is 6.61. The van der Waals surface area contributed by atoms with Gasteiger partial charge in [-0.3, -0.25) is 4.79 Å². The zero-order valence-corrected chi connectivity index (χ0v) is 22.0. The van der Waals surface area contributed by atoms with Gasteiger partial charge in [0.2, 0.25) is 5.91 Å². The van der Waals surface area contributed by atoms with E-state index in [1.165, 1.54) is 5.56 Å². The molecule has 0 radical (unpaired) electrons. The van der Waals surface area contributed by atoms with Crippen LogP contribution < -0.4 is 15.4 Å². The average Bonchev–Trinajstić information content (AvgIpc) is 2.80. The molecule has 3 aromatic rings. The Hall–Kier alpha value is -3.11. The van der Waals surface area contributed by atoms with E-state index >= 15 is 0 Å². The lowest BCUT2D eigenvalue weighted by atomic mass is 9.87. The lowest BCUT2D eigenvalue weighted by molar-refractivity contribution is -0.124. The van der Waals surface area contributed by atoms with Crippen molar-refractivity contribution in [2.24, 2.45) is 0 Å². The highest BCUT2D eigenvalue weighted by molar-refractivity contribution is 5.82. The van der Waals surface area contributed by atoms with Gasteiger partial charge in [-0.2, -0.15) is 0 Å². The van der Waals surface area contributed by atoms with Gasteiger partial charge in [-0.15, -0.1) is 0 Å². The molecule has 186 valence electrons. The standard InChI is InChI=1S/C31H40N2O2/c1-30(2,3)26-16-12-24(13-17-26)21-32-28(29(34)33-31(4,5)6)20-23-14-18-27(19-15-23)35-22-25-10-8-7-9-11-25/h7-19,28,32H,20-22H2,1-6H3,(H,33,34)/t28-/m0/s1. The van der Waals surface area contributed by atoms with E-state index in [9.17, 15) is 4.79 Å². The second kappa shape index (κ2) is 11.5. The average molecular weight is 473 g/mol. The fourth-order valence-electron chi connectivity index (χ4n) is 3.78. The summed E-state index contributed by atoms with van der Waals surface area (Å²) < 4.78 is 5.91. The van der Waals surface area contributed by atoms with Crippen LogP contribution >= 0.6 is 0 Å². The van der Waals surface area contributed by atoms with E-state index in [4.69, 9.17) is 4.74 Å². The molecule has 0 aliphatic rings. The van der Waals surface area contributed by atoms with Crippen LogP contribution in [0.15, 0.2) is 78.9 Å². The Morgan fingerprint density at radius 3 is 1.94 bits per heavy atom. The molecule has 35 heavy (non-hydrogen) atoms. The van der Waals surface area contributed by atoms with Gasteiger partial charge < -0.3 is 15.4 Å². The summed E-state index contributed by atoms with van der Waals surface area (Å²) in [6.07, 6.45) is 0.598. The Kier molecular flexibility index (Phi) is 8.74. The van der Waals surface area contributed by atoms with Crippen molar-refractivity contribution >= 4 is 5.91 Å². The van der Waals surface area contributed by atoms with E-state index in [0.717, 1.165) is 22.4 Å². The highest BCUT2D eigenvalue weighted by Crippen LogP contribution is 2.22. The molecule has 0 unspecified atom stereocenters. The van der Waals surface area contributed by atoms with Crippen LogP contribution in [0, 0.1) is 0 Å². The van der Waals surface area contributed by atoms with Crippen molar-refractivity contribution in [3.05, 3.63) is 101 Å². The number of amides is 1. The third-order valence-electron chi connectivity index (χ3n) is 5.80. The van der Waals surface area contributed by atoms with Crippen molar-refractivity contribution in [3.8, 4) is 5.75 Å². The van der Waals surface area contributed by atoms with Gasteiger partial charge in [-0.1, -0.05) is 87.5 Å². The van der Waals surface area contributed by atoms with Crippen LogP contribution in [0.25, 0.3) is 0 Å². The second-order valence-electron chi connectivity index (χ2n) is 11.2. The highest BCUT2D eigenvalue weighted by Gasteiger charge is 2.23. The molecule has 2 N–H and O–H groups in total. The minimum absolute atomic E-state index is 0.00761. The highest BCUT2D eigenvalue weighted by atomic mass is 16.5. The number of nitrogens with one attached hydrogen (secondary N) is 2. The van der Waals surface area contributed by atoms with Crippen LogP contribution in [0.2, 0.25) is 0 Å². The number of carbonyl (C=O) groups excluding carboxylic acids is 1. The van der Waals surface area contributed by atoms with Crippen LogP contribution in [-0.2, 0) is 29.8 Å². The smallest absolute Gasteiger partial charge is 0.237 e. The summed E-state index contributed by atoms with van der Waals surface area (Å²) in [5.41, 5.74) is 4.52. The summed E-state index contributed by atoms with van der Waals surface area (Å²) in [6, 6.07) is 26.4. The zero-order valence-electron chi connectivity index (χ0n) is 22.0. The molecule has 0 saturated heterocycles. The van der Waals surface area contributed by atoms with Gasteiger partial charge in [-0.05, 0) is 67.0 Å². The van der Waals surface area contributed by atoms with Crippen LogP contribution in [0.5, 0.6) is 5.75 Å². The minimum Gasteiger partial charge on any atom is -0.489 e. The van der Waals surface area contributed by atoms with Crippen LogP contribution in [0.3, 0.4) is 0 Å². The first-order chi connectivity index (χ1) is 16.5. The Balaban J connectivity index is 1.64. The molecule has 0 aliphatic carbocycles. The van der Waals surface area contributed by atoms with Crippen molar-refractivity contribution in [1.82, 2.24) is 10.6 Å². The van der Waals surface area contributed by atoms with E-state index in [1.807, 2.05) is 63.2 Å². The topological polar surface area (TPSA) is 50.4 Å². The predicted octanol–water partition coefficient (Wildman–Crippen LogP) is 6.18. The van der Waals surface area contributed by atoms with E-state index in [0.29, 0.717) is 19.6 Å². The van der Waals surface area contributed by atoms with Gasteiger partial charge in [0.1, 0.15) is 12.4 Å². The summed E-state index contributed by atoms with van der Waals surface area (Å²) in [5.74, 6) is 0.827. The fraction of sp³-hybridized carbons (Fsp3) is 0.387. The van der Waals surface area contributed by atoms with Crippen LogP contribution in [0.1, 0.15) is 63.8 Å². The molecule has 0 spiro atoms. The van der Waals surface area contributed by atoms with Gasteiger partial charge in [-0.25, -0.2) is 0 Å². The van der Waals surface area contributed by atoms with Crippen LogP contribution in [-0.4, -0.2) is 17.5 Å². The van der Waals surface area contributed by atoms with Crippen molar-refractivity contribution in [3.63, 3.8) is 0 Å². The fourth-order valence-corrected chi connectivity index (χ4v) is 3.78. The monoisotopic (exact) mass is 472 g/mol. The van der Waals surface area contributed by atoms with Gasteiger partial charge >= 0.3 is 0 Å². The van der Waals surface area contributed by atoms with E-state index in [-0.39, 0.29) is 22.9 Å². The molecule has 1 atom stereocenters. The number of hydrogen-bond donors (Lipinski definition) is 2. The molecule has 0 saturated carbocycles. The molecule has 0 heterocycles. The quantitative estimate of drug-likeness (QED) is 0.391. The van der Waals surface area contributed by atoms with Crippen molar-refractivity contribution in [2.45, 2.75) is 78.1 Å². The third kappa shape index (κ3) is 8.88. The predicted molar refractivity (Wildman–Crippen MR) is 145 cm³/mol. The summed E-state index contributed by atoms with van der Waals surface area (Å²) >= 11 is 0. The molecule has 0 fully saturated rings. The third-order valence-corrected chi connectivity index (χ3v) is 5.80. The molecule has 4 nitrogen and oxygen atoms in total. The Morgan fingerprint density at radius 1 is 0.771 bits per heavy atom. The second-order valence-corrected chi connectivity index (χ2v) is 11.2. The van der Waals surface area contributed by atoms with Gasteiger partial charge in [0.15, 0.2) is 0 Å². The SMILES string of the molecule is CC(C)(C)NC(=O)[C@H](Cc1ccc(OCc2ccccc2)cc1)NCc1ccc(C(C)(C)C)cc1. The van der Waals surface area contributed by atoms with Crippen LogP contribution in [0.4, 0.5) is 0 Å². The molecular formula is C31H40N2O2. The summed E-state index contributed by atoms with van der Waals surface area (Å²) in [6.45, 7) is 13.8. The Bertz CT molecular complexity index is 1060. The number of carbonyl (C=O) groups is 1. The largest absolute Gasteiger partial charge is 0.489 e. The van der Waals surface area contributed by atoms with Gasteiger partial charge in [0.05, 0.1) is 6.04 Å². The summed E-state index contributed by atoms with van der Waals surface area (Å²) in [7, 11) is 0. The maximum atomic E-state index is 13.1. The van der Waals surface area contributed by atoms with Crippen molar-refractivity contribution in [1.29, 1.82) is 0 Å². The number of benzene rings is 3. The maximum Gasteiger partial charge on any atom is 0.237 e. The molecule has 1 amide bonds. The first-order valence-electron chi connectivity index (χ1n) is 12.4. The Morgan fingerprint density at radius 2 is 1.37 bits per heavy atom. The van der Waals surface area contributed by atoms with E-state index < -0.39 is 0 Å². The number of ether oxygens (including phenoxy) is 1. The molecule has 3 aromatic carbocycles. The zero-order chi connectivity index (χ0) is 25.5. The Labute approximate surface area is 211 Å². The molecular weight excluding hydrogens is 432 g/mol.